The molecule has 0 saturated carbocycles. The number of benzene rings is 1. The number of carbonyl (C=O) groups is 3. The van der Waals surface area contributed by atoms with Crippen LogP contribution < -0.4 is 10.2 Å². The molecule has 0 atom stereocenters. The van der Waals surface area contributed by atoms with Gasteiger partial charge in [0.15, 0.2) is 0 Å². The number of hydrogen-bond donors (Lipinski definition) is 1. The minimum absolute atomic E-state index is 0.331. The highest BCUT2D eigenvalue weighted by Crippen LogP contribution is 2.27. The van der Waals surface area contributed by atoms with Gasteiger partial charge in [-0.1, -0.05) is 6.07 Å². The summed E-state index contributed by atoms with van der Waals surface area (Å²) >= 11 is 0. The molecule has 94 valence electrons. The maximum Gasteiger partial charge on any atom is 0.335 e. The van der Waals surface area contributed by atoms with Gasteiger partial charge in [-0.25, -0.2) is 9.69 Å². The van der Waals surface area contributed by atoms with E-state index in [0.717, 1.165) is 4.90 Å². The van der Waals surface area contributed by atoms with E-state index in [4.69, 9.17) is 0 Å². The molecule has 1 aromatic heterocycles. The average Bonchev–Trinajstić information content (AvgIpc) is 2.38. The van der Waals surface area contributed by atoms with Gasteiger partial charge in [0, 0.05) is 11.6 Å². The van der Waals surface area contributed by atoms with Crippen molar-refractivity contribution in [2.45, 2.75) is 6.42 Å². The molecule has 1 saturated heterocycles. The van der Waals surface area contributed by atoms with Crippen molar-refractivity contribution in [3.05, 3.63) is 36.5 Å². The summed E-state index contributed by atoms with van der Waals surface area (Å²) in [4.78, 5) is 40.0. The molecule has 0 radical (unpaired) electrons. The van der Waals surface area contributed by atoms with Gasteiger partial charge in [-0.05, 0) is 24.3 Å². The van der Waals surface area contributed by atoms with Crippen LogP contribution in [-0.4, -0.2) is 22.8 Å². The maximum atomic E-state index is 11.9. The number of barbiturate groups is 1. The van der Waals surface area contributed by atoms with Crippen molar-refractivity contribution in [3.63, 3.8) is 0 Å². The molecule has 1 fully saturated rings. The Morgan fingerprint density at radius 2 is 1.95 bits per heavy atom. The predicted octanol–water partition coefficient (Wildman–Crippen LogP) is 1.21. The van der Waals surface area contributed by atoms with Gasteiger partial charge in [0.2, 0.25) is 11.8 Å². The summed E-state index contributed by atoms with van der Waals surface area (Å²) in [6.45, 7) is 0. The van der Waals surface area contributed by atoms with Crippen molar-refractivity contribution in [3.8, 4) is 0 Å². The Kier molecular flexibility index (Phi) is 2.49. The van der Waals surface area contributed by atoms with Crippen LogP contribution in [0, 0.1) is 0 Å². The molecule has 6 nitrogen and oxygen atoms in total. The number of amides is 4. The largest absolute Gasteiger partial charge is 0.335 e. The SMILES string of the molecule is O=C1CC(=O)N(c2cccc3ncccc23)C(=O)N1. The number of imide groups is 2. The molecule has 1 aromatic carbocycles. The molecule has 2 heterocycles. The number of carbonyl (C=O) groups excluding carboxylic acids is 3. The lowest BCUT2D eigenvalue weighted by Gasteiger charge is -2.25. The van der Waals surface area contributed by atoms with Gasteiger partial charge in [0.1, 0.15) is 6.42 Å². The molecule has 0 aliphatic carbocycles. The molecular formula is C13H9N3O3. The molecule has 6 heteroatoms. The third-order valence-electron chi connectivity index (χ3n) is 2.87. The predicted molar refractivity (Wildman–Crippen MR) is 67.4 cm³/mol. The van der Waals surface area contributed by atoms with E-state index in [2.05, 4.69) is 10.3 Å². The van der Waals surface area contributed by atoms with Gasteiger partial charge in [0.05, 0.1) is 11.2 Å². The van der Waals surface area contributed by atoms with E-state index in [1.54, 1.807) is 36.5 Å². The fourth-order valence-corrected chi connectivity index (χ4v) is 2.07. The second-order valence-electron chi connectivity index (χ2n) is 4.11. The van der Waals surface area contributed by atoms with E-state index < -0.39 is 17.8 Å². The van der Waals surface area contributed by atoms with Crippen molar-refractivity contribution >= 4 is 34.4 Å². The number of rotatable bonds is 1. The van der Waals surface area contributed by atoms with Gasteiger partial charge in [-0.15, -0.1) is 0 Å². The first-order valence-electron chi connectivity index (χ1n) is 5.67. The van der Waals surface area contributed by atoms with E-state index in [1.165, 1.54) is 0 Å². The lowest BCUT2D eigenvalue weighted by Crippen LogP contribution is -2.53. The number of fused-ring (bicyclic) bond motifs is 1. The first kappa shape index (κ1) is 11.3. The Hall–Kier alpha value is -2.76. The van der Waals surface area contributed by atoms with Crippen LogP contribution in [0.3, 0.4) is 0 Å². The summed E-state index contributed by atoms with van der Waals surface area (Å²) in [6, 6.07) is 7.92. The highest BCUT2D eigenvalue weighted by atomic mass is 16.2. The summed E-state index contributed by atoms with van der Waals surface area (Å²) in [7, 11) is 0. The Balaban J connectivity index is 2.16. The van der Waals surface area contributed by atoms with Crippen molar-refractivity contribution in [1.29, 1.82) is 0 Å². The molecule has 1 aliphatic rings. The number of anilines is 1. The molecular weight excluding hydrogens is 246 g/mol. The van der Waals surface area contributed by atoms with Crippen LogP contribution in [0.15, 0.2) is 36.5 Å². The number of urea groups is 1. The fourth-order valence-electron chi connectivity index (χ4n) is 2.07. The minimum atomic E-state index is -0.724. The van der Waals surface area contributed by atoms with E-state index >= 15 is 0 Å². The van der Waals surface area contributed by atoms with Crippen molar-refractivity contribution < 1.29 is 14.4 Å². The molecule has 1 aliphatic heterocycles. The van der Waals surface area contributed by atoms with Crippen LogP contribution in [0.1, 0.15) is 6.42 Å². The highest BCUT2D eigenvalue weighted by molar-refractivity contribution is 6.28. The first-order chi connectivity index (χ1) is 9.16. The number of nitrogens with zero attached hydrogens (tertiary/aromatic N) is 2. The second kappa shape index (κ2) is 4.16. The molecule has 1 N–H and O–H groups in total. The molecule has 0 spiro atoms. The molecule has 4 amide bonds. The maximum absolute atomic E-state index is 11.9. The summed E-state index contributed by atoms with van der Waals surface area (Å²) in [6.07, 6.45) is 1.30. The minimum Gasteiger partial charge on any atom is -0.277 e. The smallest absolute Gasteiger partial charge is 0.277 e. The zero-order valence-electron chi connectivity index (χ0n) is 9.79. The molecule has 19 heavy (non-hydrogen) atoms. The zero-order chi connectivity index (χ0) is 13.4. The highest BCUT2D eigenvalue weighted by Gasteiger charge is 2.32. The third-order valence-corrected chi connectivity index (χ3v) is 2.87. The van der Waals surface area contributed by atoms with Crippen LogP contribution >= 0.6 is 0 Å². The van der Waals surface area contributed by atoms with Gasteiger partial charge in [-0.2, -0.15) is 0 Å². The summed E-state index contributed by atoms with van der Waals surface area (Å²) in [5, 5.41) is 2.81. The van der Waals surface area contributed by atoms with Crippen molar-refractivity contribution in [2.75, 3.05) is 4.90 Å². The summed E-state index contributed by atoms with van der Waals surface area (Å²) in [5.41, 5.74) is 1.11. The first-order valence-corrected chi connectivity index (χ1v) is 5.67. The lowest BCUT2D eigenvalue weighted by molar-refractivity contribution is -0.128. The van der Waals surface area contributed by atoms with Gasteiger partial charge in [0.25, 0.3) is 0 Å². The molecule has 3 rings (SSSR count). The number of aromatic nitrogens is 1. The Morgan fingerprint density at radius 1 is 1.11 bits per heavy atom. The van der Waals surface area contributed by atoms with Gasteiger partial charge < -0.3 is 0 Å². The normalized spacial score (nSPS) is 15.8. The third kappa shape index (κ3) is 1.83. The number of pyridine rings is 1. The van der Waals surface area contributed by atoms with E-state index in [-0.39, 0.29) is 6.42 Å². The second-order valence-corrected chi connectivity index (χ2v) is 4.11. The average molecular weight is 255 g/mol. The summed E-state index contributed by atoms with van der Waals surface area (Å²) < 4.78 is 0. The van der Waals surface area contributed by atoms with E-state index in [1.807, 2.05) is 0 Å². The van der Waals surface area contributed by atoms with Crippen molar-refractivity contribution in [2.24, 2.45) is 0 Å². The van der Waals surface area contributed by atoms with Gasteiger partial charge in [-0.3, -0.25) is 19.9 Å². The Bertz CT molecular complexity index is 686. The molecule has 0 unspecified atom stereocenters. The van der Waals surface area contributed by atoms with Crippen LogP contribution in [0.25, 0.3) is 10.9 Å². The Morgan fingerprint density at radius 3 is 2.74 bits per heavy atom. The van der Waals surface area contributed by atoms with Gasteiger partial charge >= 0.3 is 6.03 Å². The van der Waals surface area contributed by atoms with Crippen LogP contribution in [0.5, 0.6) is 0 Å². The van der Waals surface area contributed by atoms with Crippen LogP contribution in [-0.2, 0) is 9.59 Å². The van der Waals surface area contributed by atoms with E-state index in [0.29, 0.717) is 16.6 Å². The number of hydrogen-bond acceptors (Lipinski definition) is 4. The quantitative estimate of drug-likeness (QED) is 0.777. The monoisotopic (exact) mass is 255 g/mol. The van der Waals surface area contributed by atoms with Crippen LogP contribution in [0.4, 0.5) is 10.5 Å². The van der Waals surface area contributed by atoms with E-state index in [9.17, 15) is 14.4 Å². The van der Waals surface area contributed by atoms with Crippen molar-refractivity contribution in [1.82, 2.24) is 10.3 Å². The number of nitrogens with one attached hydrogen (secondary N) is 1. The summed E-state index contributed by atoms with van der Waals surface area (Å²) in [5.74, 6) is -1.12. The molecule has 0 bridgehead atoms. The fraction of sp³-hybridized carbons (Fsp3) is 0.0769. The molecule has 2 aromatic rings. The topological polar surface area (TPSA) is 79.4 Å². The van der Waals surface area contributed by atoms with Crippen LogP contribution in [0.2, 0.25) is 0 Å². The standard InChI is InChI=1S/C13H9N3O3/c17-11-7-12(18)16(13(19)15-11)10-5-1-4-9-8(10)3-2-6-14-9/h1-6H,7H2,(H,15,17,19). The zero-order valence-corrected chi connectivity index (χ0v) is 9.79. The Labute approximate surface area is 108 Å². The lowest BCUT2D eigenvalue weighted by atomic mass is 10.1.